The number of carbonyl (C=O) groups is 1. The van der Waals surface area contributed by atoms with Crippen molar-refractivity contribution < 1.29 is 17.9 Å². The third-order valence-electron chi connectivity index (χ3n) is 2.89. The number of anilines is 2. The molecule has 2 N–H and O–H groups in total. The molecule has 0 aliphatic heterocycles. The second-order valence-corrected chi connectivity index (χ2v) is 6.82. The monoisotopic (exact) mass is 334 g/mol. The van der Waals surface area contributed by atoms with Crippen molar-refractivity contribution in [3.63, 3.8) is 0 Å². The molecule has 7 heteroatoms. The number of benzene rings is 2. The van der Waals surface area contributed by atoms with E-state index in [1.54, 1.807) is 36.4 Å². The molecule has 1 amide bonds. The van der Waals surface area contributed by atoms with E-state index in [9.17, 15) is 13.2 Å². The molecule has 0 fully saturated rings. The first-order chi connectivity index (χ1) is 10.8. The second-order valence-electron chi connectivity index (χ2n) is 5.07. The number of sulfonamides is 1. The van der Waals surface area contributed by atoms with E-state index in [0.29, 0.717) is 17.1 Å². The van der Waals surface area contributed by atoms with Crippen LogP contribution in [-0.2, 0) is 14.8 Å². The Morgan fingerprint density at radius 1 is 1.04 bits per heavy atom. The summed E-state index contributed by atoms with van der Waals surface area (Å²) in [4.78, 5) is 12.0. The van der Waals surface area contributed by atoms with E-state index in [1.807, 2.05) is 19.1 Å². The molecule has 0 aromatic heterocycles. The van der Waals surface area contributed by atoms with Crippen LogP contribution in [-0.4, -0.2) is 27.2 Å². The Bertz CT molecular complexity index is 786. The van der Waals surface area contributed by atoms with Crippen LogP contribution < -0.4 is 14.8 Å². The average molecular weight is 334 g/mol. The number of rotatable bonds is 6. The third-order valence-corrected chi connectivity index (χ3v) is 3.48. The Kier molecular flexibility index (Phi) is 5.23. The summed E-state index contributed by atoms with van der Waals surface area (Å²) < 4.78 is 30.4. The lowest BCUT2D eigenvalue weighted by Gasteiger charge is -2.12. The summed E-state index contributed by atoms with van der Waals surface area (Å²) in [5.41, 5.74) is 1.77. The van der Waals surface area contributed by atoms with E-state index in [4.69, 9.17) is 4.74 Å². The van der Waals surface area contributed by atoms with E-state index in [0.717, 1.165) is 11.8 Å². The largest absolute Gasteiger partial charge is 0.484 e. The van der Waals surface area contributed by atoms with Gasteiger partial charge >= 0.3 is 0 Å². The van der Waals surface area contributed by atoms with Gasteiger partial charge < -0.3 is 10.1 Å². The molecular weight excluding hydrogens is 316 g/mol. The number of para-hydroxylation sites is 2. The van der Waals surface area contributed by atoms with Crippen molar-refractivity contribution in [1.29, 1.82) is 0 Å². The highest BCUT2D eigenvalue weighted by molar-refractivity contribution is 7.92. The van der Waals surface area contributed by atoms with Gasteiger partial charge in [-0.3, -0.25) is 9.52 Å². The summed E-state index contributed by atoms with van der Waals surface area (Å²) in [6.07, 6.45) is 1.05. The normalized spacial score (nSPS) is 10.9. The van der Waals surface area contributed by atoms with Crippen LogP contribution in [0.25, 0.3) is 0 Å². The molecule has 6 nitrogen and oxygen atoms in total. The first-order valence-electron chi connectivity index (χ1n) is 6.89. The lowest BCUT2D eigenvalue weighted by molar-refractivity contribution is -0.118. The van der Waals surface area contributed by atoms with E-state index in [2.05, 4.69) is 10.0 Å². The minimum atomic E-state index is -3.43. The molecule has 0 atom stereocenters. The zero-order valence-corrected chi connectivity index (χ0v) is 13.7. The van der Waals surface area contributed by atoms with E-state index >= 15 is 0 Å². The third kappa shape index (κ3) is 5.63. The molecule has 0 aliphatic carbocycles. The van der Waals surface area contributed by atoms with Crippen molar-refractivity contribution in [1.82, 2.24) is 0 Å². The molecular formula is C16H18N2O4S. The predicted octanol–water partition coefficient (Wildman–Crippen LogP) is 2.38. The zero-order valence-electron chi connectivity index (χ0n) is 12.9. The molecule has 2 aromatic carbocycles. The Morgan fingerprint density at radius 2 is 1.65 bits per heavy atom. The Morgan fingerprint density at radius 3 is 2.26 bits per heavy atom. The molecule has 0 spiro atoms. The molecule has 0 unspecified atom stereocenters. The standard InChI is InChI=1S/C16H18N2O4S/c1-12-7-9-13(10-8-12)22-11-16(19)17-14-5-3-4-6-15(14)18-23(2,20)21/h3-10,18H,11H2,1-2H3,(H,17,19). The van der Waals surface area contributed by atoms with Gasteiger partial charge in [0.25, 0.3) is 5.91 Å². The lowest BCUT2D eigenvalue weighted by atomic mass is 10.2. The molecule has 0 heterocycles. The van der Waals surface area contributed by atoms with Crippen LogP contribution in [0.3, 0.4) is 0 Å². The average Bonchev–Trinajstić information content (AvgIpc) is 2.47. The Balaban J connectivity index is 1.99. The van der Waals surface area contributed by atoms with Gasteiger partial charge in [0, 0.05) is 0 Å². The van der Waals surface area contributed by atoms with Crippen molar-refractivity contribution in [2.24, 2.45) is 0 Å². The first-order valence-corrected chi connectivity index (χ1v) is 8.79. The highest BCUT2D eigenvalue weighted by Gasteiger charge is 2.10. The number of carbonyl (C=O) groups excluding carboxylic acids is 1. The number of aryl methyl sites for hydroxylation is 1. The SMILES string of the molecule is Cc1ccc(OCC(=O)Nc2ccccc2NS(C)(=O)=O)cc1. The van der Waals surface area contributed by atoms with Crippen molar-refractivity contribution >= 4 is 27.3 Å². The summed E-state index contributed by atoms with van der Waals surface area (Å²) in [6, 6.07) is 13.9. The molecule has 23 heavy (non-hydrogen) atoms. The number of nitrogens with one attached hydrogen (secondary N) is 2. The van der Waals surface area contributed by atoms with Gasteiger partial charge in [-0.05, 0) is 31.2 Å². The van der Waals surface area contributed by atoms with Crippen LogP contribution in [0.2, 0.25) is 0 Å². The molecule has 2 rings (SSSR count). The van der Waals surface area contributed by atoms with Crippen LogP contribution in [0, 0.1) is 6.92 Å². The summed E-state index contributed by atoms with van der Waals surface area (Å²) in [5, 5.41) is 2.62. The summed E-state index contributed by atoms with van der Waals surface area (Å²) in [7, 11) is -3.43. The number of hydrogen-bond acceptors (Lipinski definition) is 4. The van der Waals surface area contributed by atoms with Gasteiger partial charge in [0.2, 0.25) is 10.0 Å². The Labute approximate surface area is 135 Å². The van der Waals surface area contributed by atoms with E-state index < -0.39 is 10.0 Å². The molecule has 0 saturated carbocycles. The fourth-order valence-corrected chi connectivity index (χ4v) is 2.43. The quantitative estimate of drug-likeness (QED) is 0.849. The van der Waals surface area contributed by atoms with Crippen molar-refractivity contribution in [3.05, 3.63) is 54.1 Å². The minimum Gasteiger partial charge on any atom is -0.484 e. The smallest absolute Gasteiger partial charge is 0.262 e. The molecule has 0 aliphatic rings. The molecule has 0 radical (unpaired) electrons. The summed E-state index contributed by atoms with van der Waals surface area (Å²) >= 11 is 0. The van der Waals surface area contributed by atoms with Crippen molar-refractivity contribution in [2.75, 3.05) is 22.9 Å². The van der Waals surface area contributed by atoms with Gasteiger partial charge in [-0.25, -0.2) is 8.42 Å². The molecule has 0 bridgehead atoms. The van der Waals surface area contributed by atoms with E-state index in [-0.39, 0.29) is 12.5 Å². The lowest BCUT2D eigenvalue weighted by Crippen LogP contribution is -2.21. The maximum Gasteiger partial charge on any atom is 0.262 e. The summed E-state index contributed by atoms with van der Waals surface area (Å²) in [5.74, 6) is 0.210. The molecule has 122 valence electrons. The minimum absolute atomic E-state index is 0.170. The predicted molar refractivity (Wildman–Crippen MR) is 90.2 cm³/mol. The van der Waals surface area contributed by atoms with Gasteiger partial charge in [-0.15, -0.1) is 0 Å². The van der Waals surface area contributed by atoms with Gasteiger partial charge in [-0.2, -0.15) is 0 Å². The van der Waals surface area contributed by atoms with Gasteiger partial charge in [0.05, 0.1) is 17.6 Å². The summed E-state index contributed by atoms with van der Waals surface area (Å²) in [6.45, 7) is 1.79. The fraction of sp³-hybridized carbons (Fsp3) is 0.188. The molecule has 0 saturated heterocycles. The van der Waals surface area contributed by atoms with Crippen LogP contribution in [0.5, 0.6) is 5.75 Å². The van der Waals surface area contributed by atoms with Crippen LogP contribution in [0.4, 0.5) is 11.4 Å². The van der Waals surface area contributed by atoms with Crippen molar-refractivity contribution in [3.8, 4) is 5.75 Å². The van der Waals surface area contributed by atoms with Crippen LogP contribution in [0.1, 0.15) is 5.56 Å². The number of amides is 1. The zero-order chi connectivity index (χ0) is 16.9. The highest BCUT2D eigenvalue weighted by atomic mass is 32.2. The first kappa shape index (κ1) is 16.8. The van der Waals surface area contributed by atoms with Crippen LogP contribution in [0.15, 0.2) is 48.5 Å². The second kappa shape index (κ2) is 7.15. The van der Waals surface area contributed by atoms with Crippen LogP contribution >= 0.6 is 0 Å². The topological polar surface area (TPSA) is 84.5 Å². The maximum absolute atomic E-state index is 12.0. The van der Waals surface area contributed by atoms with Gasteiger partial charge in [0.1, 0.15) is 5.75 Å². The number of hydrogen-bond donors (Lipinski definition) is 2. The maximum atomic E-state index is 12.0. The fourth-order valence-electron chi connectivity index (χ4n) is 1.85. The van der Waals surface area contributed by atoms with Gasteiger partial charge in [-0.1, -0.05) is 29.8 Å². The van der Waals surface area contributed by atoms with E-state index in [1.165, 1.54) is 0 Å². The highest BCUT2D eigenvalue weighted by Crippen LogP contribution is 2.21. The van der Waals surface area contributed by atoms with Crippen molar-refractivity contribution in [2.45, 2.75) is 6.92 Å². The molecule has 2 aromatic rings. The van der Waals surface area contributed by atoms with Gasteiger partial charge in [0.15, 0.2) is 6.61 Å². The number of ether oxygens (including phenoxy) is 1. The Hall–Kier alpha value is -2.54.